The van der Waals surface area contributed by atoms with Gasteiger partial charge in [-0.1, -0.05) is 42.8 Å². The van der Waals surface area contributed by atoms with Gasteiger partial charge in [0, 0.05) is 32.4 Å². The van der Waals surface area contributed by atoms with Crippen molar-refractivity contribution in [2.75, 3.05) is 13.7 Å². The normalized spacial score (nSPS) is 10.8. The minimum absolute atomic E-state index is 0. The second kappa shape index (κ2) is 11.7. The number of aryl methyl sites for hydroxylation is 1. The van der Waals surface area contributed by atoms with Gasteiger partial charge in [0.2, 0.25) is 5.88 Å². The maximum atomic E-state index is 5.49. The molecular weight excluding hydrogens is 427 g/mol. The van der Waals surface area contributed by atoms with Gasteiger partial charge in [0.1, 0.15) is 0 Å². The Hall–Kier alpha value is -1.83. The molecule has 0 aliphatic rings. The molecule has 1 heterocycles. The molecule has 6 heteroatoms. The molecule has 0 unspecified atom stereocenters. The number of pyridine rings is 1. The van der Waals surface area contributed by atoms with Crippen LogP contribution in [0.25, 0.3) is 0 Å². The fourth-order valence-electron chi connectivity index (χ4n) is 2.11. The molecule has 0 amide bonds. The summed E-state index contributed by atoms with van der Waals surface area (Å²) in [5.74, 6) is 1.43. The Morgan fingerprint density at radius 2 is 1.68 bits per heavy atom. The van der Waals surface area contributed by atoms with Crippen molar-refractivity contribution in [3.8, 4) is 5.88 Å². The molecule has 0 saturated heterocycles. The summed E-state index contributed by atoms with van der Waals surface area (Å²) in [5.41, 5.74) is 3.57. The summed E-state index contributed by atoms with van der Waals surface area (Å²) in [6, 6.07) is 12.4. The van der Waals surface area contributed by atoms with Crippen LogP contribution in [0.5, 0.6) is 5.88 Å². The van der Waals surface area contributed by atoms with Gasteiger partial charge < -0.3 is 15.4 Å². The van der Waals surface area contributed by atoms with Crippen molar-refractivity contribution in [1.29, 1.82) is 0 Å². The van der Waals surface area contributed by atoms with E-state index in [4.69, 9.17) is 4.74 Å². The number of aliphatic imine (C=N–C) groups is 1. The van der Waals surface area contributed by atoms with Gasteiger partial charge in [-0.05, 0) is 24.5 Å². The molecule has 2 rings (SSSR count). The third-order valence-electron chi connectivity index (χ3n) is 3.52. The minimum Gasteiger partial charge on any atom is -0.478 e. The van der Waals surface area contributed by atoms with Crippen LogP contribution >= 0.6 is 24.0 Å². The number of nitrogens with zero attached hydrogens (tertiary/aromatic N) is 2. The standard InChI is InChI=1S/C19H26N4O.HI/c1-4-11-24-18-10-9-17(13-21-18)14-23-19(20-3)22-12-16-7-5-15(2)6-8-16;/h5-10,13H,4,11-12,14H2,1-3H3,(H2,20,22,23);1H. The first kappa shape index (κ1) is 21.2. The fraction of sp³-hybridized carbons (Fsp3) is 0.368. The van der Waals surface area contributed by atoms with Crippen molar-refractivity contribution >= 4 is 29.9 Å². The molecule has 0 spiro atoms. The van der Waals surface area contributed by atoms with Crippen molar-refractivity contribution in [3.63, 3.8) is 0 Å². The summed E-state index contributed by atoms with van der Waals surface area (Å²) < 4.78 is 5.49. The highest BCUT2D eigenvalue weighted by Crippen LogP contribution is 2.07. The predicted octanol–water partition coefficient (Wildman–Crippen LogP) is 3.66. The highest BCUT2D eigenvalue weighted by molar-refractivity contribution is 14.0. The average Bonchev–Trinajstić information content (AvgIpc) is 2.62. The Balaban J connectivity index is 0.00000312. The van der Waals surface area contributed by atoms with Crippen LogP contribution in [0.15, 0.2) is 47.6 Å². The SMILES string of the molecule is CCCOc1ccc(CNC(=NC)NCc2ccc(C)cc2)cn1.I. The summed E-state index contributed by atoms with van der Waals surface area (Å²) in [4.78, 5) is 8.54. The molecule has 0 radical (unpaired) electrons. The van der Waals surface area contributed by atoms with E-state index in [0.717, 1.165) is 24.5 Å². The zero-order valence-electron chi connectivity index (χ0n) is 15.1. The monoisotopic (exact) mass is 454 g/mol. The van der Waals surface area contributed by atoms with Crippen molar-refractivity contribution < 1.29 is 4.74 Å². The van der Waals surface area contributed by atoms with Crippen LogP contribution in [0, 0.1) is 6.92 Å². The maximum absolute atomic E-state index is 5.49. The van der Waals surface area contributed by atoms with Crippen molar-refractivity contribution in [2.24, 2.45) is 4.99 Å². The molecule has 0 aliphatic carbocycles. The number of ether oxygens (including phenoxy) is 1. The Labute approximate surface area is 167 Å². The van der Waals surface area contributed by atoms with Gasteiger partial charge >= 0.3 is 0 Å². The van der Waals surface area contributed by atoms with Gasteiger partial charge in [-0.15, -0.1) is 24.0 Å². The molecule has 0 bridgehead atoms. The van der Waals surface area contributed by atoms with E-state index < -0.39 is 0 Å². The number of halogens is 1. The quantitative estimate of drug-likeness (QED) is 0.381. The van der Waals surface area contributed by atoms with E-state index in [0.29, 0.717) is 19.0 Å². The minimum atomic E-state index is 0. The Kier molecular flexibility index (Phi) is 9.91. The van der Waals surface area contributed by atoms with Crippen LogP contribution in [0.3, 0.4) is 0 Å². The van der Waals surface area contributed by atoms with Gasteiger partial charge in [0.15, 0.2) is 5.96 Å². The lowest BCUT2D eigenvalue weighted by Crippen LogP contribution is -2.36. The first-order chi connectivity index (χ1) is 11.7. The molecule has 136 valence electrons. The molecule has 0 fully saturated rings. The highest BCUT2D eigenvalue weighted by Gasteiger charge is 2.01. The number of hydrogen-bond acceptors (Lipinski definition) is 3. The van der Waals surface area contributed by atoms with E-state index >= 15 is 0 Å². The van der Waals surface area contributed by atoms with Crippen LogP contribution in [0.2, 0.25) is 0 Å². The molecule has 5 nitrogen and oxygen atoms in total. The average molecular weight is 454 g/mol. The first-order valence-electron chi connectivity index (χ1n) is 8.29. The van der Waals surface area contributed by atoms with E-state index in [1.807, 2.05) is 18.3 Å². The van der Waals surface area contributed by atoms with E-state index in [1.54, 1.807) is 7.05 Å². The van der Waals surface area contributed by atoms with Gasteiger partial charge in [0.25, 0.3) is 0 Å². The molecule has 0 atom stereocenters. The lowest BCUT2D eigenvalue weighted by molar-refractivity contribution is 0.305. The van der Waals surface area contributed by atoms with Gasteiger partial charge in [-0.2, -0.15) is 0 Å². The maximum Gasteiger partial charge on any atom is 0.213 e. The third-order valence-corrected chi connectivity index (χ3v) is 3.52. The van der Waals surface area contributed by atoms with Crippen molar-refractivity contribution in [2.45, 2.75) is 33.4 Å². The van der Waals surface area contributed by atoms with Gasteiger partial charge in [0.05, 0.1) is 6.61 Å². The second-order valence-corrected chi connectivity index (χ2v) is 5.62. The largest absolute Gasteiger partial charge is 0.478 e. The van der Waals surface area contributed by atoms with Gasteiger partial charge in [-0.25, -0.2) is 4.98 Å². The lowest BCUT2D eigenvalue weighted by atomic mass is 10.1. The third kappa shape index (κ3) is 7.72. The zero-order chi connectivity index (χ0) is 17.2. The molecule has 0 aliphatic heterocycles. The Morgan fingerprint density at radius 1 is 1.04 bits per heavy atom. The van der Waals surface area contributed by atoms with Crippen LogP contribution in [0.1, 0.15) is 30.0 Å². The van der Waals surface area contributed by atoms with Crippen molar-refractivity contribution in [3.05, 3.63) is 59.3 Å². The van der Waals surface area contributed by atoms with Crippen LogP contribution in [-0.2, 0) is 13.1 Å². The summed E-state index contributed by atoms with van der Waals surface area (Å²) in [5, 5.41) is 6.60. The number of hydrogen-bond donors (Lipinski definition) is 2. The van der Waals surface area contributed by atoms with Gasteiger partial charge in [-0.3, -0.25) is 4.99 Å². The Morgan fingerprint density at radius 3 is 2.24 bits per heavy atom. The van der Waals surface area contributed by atoms with E-state index in [-0.39, 0.29) is 24.0 Å². The van der Waals surface area contributed by atoms with Crippen LogP contribution < -0.4 is 15.4 Å². The summed E-state index contributed by atoms with van der Waals surface area (Å²) in [6.45, 7) is 6.26. The number of guanidine groups is 1. The van der Waals surface area contributed by atoms with E-state index in [2.05, 4.69) is 58.7 Å². The van der Waals surface area contributed by atoms with E-state index in [9.17, 15) is 0 Å². The Bertz CT molecular complexity index is 641. The number of rotatable bonds is 7. The van der Waals surface area contributed by atoms with Crippen LogP contribution in [0.4, 0.5) is 0 Å². The molecule has 1 aromatic heterocycles. The molecular formula is C19H27IN4O. The molecule has 25 heavy (non-hydrogen) atoms. The second-order valence-electron chi connectivity index (χ2n) is 5.62. The summed E-state index contributed by atoms with van der Waals surface area (Å²) in [6.07, 6.45) is 2.80. The number of benzene rings is 1. The molecule has 2 aromatic rings. The highest BCUT2D eigenvalue weighted by atomic mass is 127. The number of aromatic nitrogens is 1. The lowest BCUT2D eigenvalue weighted by Gasteiger charge is -2.12. The van der Waals surface area contributed by atoms with E-state index in [1.165, 1.54) is 11.1 Å². The molecule has 0 saturated carbocycles. The summed E-state index contributed by atoms with van der Waals surface area (Å²) >= 11 is 0. The van der Waals surface area contributed by atoms with Crippen LogP contribution in [-0.4, -0.2) is 24.6 Å². The first-order valence-corrected chi connectivity index (χ1v) is 8.29. The number of nitrogens with one attached hydrogen (secondary N) is 2. The smallest absolute Gasteiger partial charge is 0.213 e. The predicted molar refractivity (Wildman–Crippen MR) is 114 cm³/mol. The molecule has 2 N–H and O–H groups in total. The van der Waals surface area contributed by atoms with Crippen molar-refractivity contribution in [1.82, 2.24) is 15.6 Å². The topological polar surface area (TPSA) is 58.5 Å². The summed E-state index contributed by atoms with van der Waals surface area (Å²) in [7, 11) is 1.77. The zero-order valence-corrected chi connectivity index (χ0v) is 17.4. The molecule has 1 aromatic carbocycles. The fourth-order valence-corrected chi connectivity index (χ4v) is 2.11.